The van der Waals surface area contributed by atoms with E-state index in [1.54, 1.807) is 12.1 Å². The second-order valence-corrected chi connectivity index (χ2v) is 4.94. The summed E-state index contributed by atoms with van der Waals surface area (Å²) in [5, 5.41) is 3.44. The van der Waals surface area contributed by atoms with Crippen molar-refractivity contribution in [2.24, 2.45) is 0 Å². The molecule has 0 fully saturated rings. The van der Waals surface area contributed by atoms with Crippen LogP contribution in [0.3, 0.4) is 0 Å². The van der Waals surface area contributed by atoms with Gasteiger partial charge in [0.05, 0.1) is 5.69 Å². The first kappa shape index (κ1) is 13.4. The summed E-state index contributed by atoms with van der Waals surface area (Å²) in [6.07, 6.45) is 0. The lowest BCUT2D eigenvalue weighted by Crippen LogP contribution is -2.13. The number of hydrogen-bond acceptors (Lipinski definition) is 2. The Kier molecular flexibility index (Phi) is 3.22. The largest absolute Gasteiger partial charge is 0.450 e. The number of furan rings is 1. The van der Waals surface area contributed by atoms with Crippen molar-refractivity contribution in [2.75, 3.05) is 5.32 Å². The highest BCUT2D eigenvalue weighted by Gasteiger charge is 2.19. The molecule has 1 N–H and O–H groups in total. The maximum atomic E-state index is 13.6. The standard InChI is InChI=1S/C17H14FNO2/c1-10-6-5-7-12-11(2)16(21-15(10)12)17(20)19-14-9-4-3-8-13(14)18/h3-9H,1-2H3,(H,19,20). The highest BCUT2D eigenvalue weighted by Crippen LogP contribution is 2.28. The first-order chi connectivity index (χ1) is 10.1. The molecule has 4 heteroatoms. The average molecular weight is 283 g/mol. The summed E-state index contributed by atoms with van der Waals surface area (Å²) in [5.41, 5.74) is 2.54. The van der Waals surface area contributed by atoms with E-state index in [1.165, 1.54) is 12.1 Å². The van der Waals surface area contributed by atoms with Gasteiger partial charge in [-0.25, -0.2) is 4.39 Å². The normalized spacial score (nSPS) is 10.8. The number of benzene rings is 2. The topological polar surface area (TPSA) is 42.2 Å². The minimum Gasteiger partial charge on any atom is -0.450 e. The van der Waals surface area contributed by atoms with E-state index in [0.717, 1.165) is 16.5 Å². The van der Waals surface area contributed by atoms with Crippen LogP contribution in [-0.4, -0.2) is 5.91 Å². The number of amides is 1. The van der Waals surface area contributed by atoms with Crippen molar-refractivity contribution >= 4 is 22.6 Å². The molecule has 0 saturated heterocycles. The Balaban J connectivity index is 2.01. The molecule has 0 aliphatic rings. The van der Waals surface area contributed by atoms with Crippen molar-refractivity contribution in [3.8, 4) is 0 Å². The Morgan fingerprint density at radius 1 is 1.10 bits per heavy atom. The summed E-state index contributed by atoms with van der Waals surface area (Å²) in [7, 11) is 0. The molecule has 0 aliphatic heterocycles. The van der Waals surface area contributed by atoms with E-state index in [1.807, 2.05) is 32.0 Å². The third-order valence-electron chi connectivity index (χ3n) is 3.49. The van der Waals surface area contributed by atoms with E-state index >= 15 is 0 Å². The zero-order chi connectivity index (χ0) is 15.0. The van der Waals surface area contributed by atoms with Crippen molar-refractivity contribution < 1.29 is 13.6 Å². The summed E-state index contributed by atoms with van der Waals surface area (Å²) < 4.78 is 19.3. The van der Waals surface area contributed by atoms with E-state index in [0.29, 0.717) is 5.58 Å². The second kappa shape index (κ2) is 5.05. The SMILES string of the molecule is Cc1c(C(=O)Nc2ccccc2F)oc2c(C)cccc12. The number of rotatable bonds is 2. The number of carbonyl (C=O) groups is 1. The van der Waals surface area contributed by atoms with Crippen LogP contribution in [0.2, 0.25) is 0 Å². The molecule has 21 heavy (non-hydrogen) atoms. The van der Waals surface area contributed by atoms with Crippen LogP contribution in [0.25, 0.3) is 11.0 Å². The smallest absolute Gasteiger partial charge is 0.291 e. The molecule has 106 valence electrons. The molecule has 2 aromatic carbocycles. The van der Waals surface area contributed by atoms with Gasteiger partial charge in [-0.15, -0.1) is 0 Å². The van der Waals surface area contributed by atoms with Gasteiger partial charge in [0.1, 0.15) is 11.4 Å². The zero-order valence-corrected chi connectivity index (χ0v) is 11.7. The van der Waals surface area contributed by atoms with Crippen molar-refractivity contribution in [3.63, 3.8) is 0 Å². The zero-order valence-electron chi connectivity index (χ0n) is 11.7. The number of hydrogen-bond donors (Lipinski definition) is 1. The Labute approximate surface area is 121 Å². The average Bonchev–Trinajstić information content (AvgIpc) is 2.81. The van der Waals surface area contributed by atoms with Crippen LogP contribution in [-0.2, 0) is 0 Å². The molecule has 0 aliphatic carbocycles. The number of nitrogens with one attached hydrogen (secondary N) is 1. The lowest BCUT2D eigenvalue weighted by atomic mass is 10.1. The van der Waals surface area contributed by atoms with Crippen LogP contribution < -0.4 is 5.32 Å². The molecular formula is C17H14FNO2. The summed E-state index contributed by atoms with van der Waals surface area (Å²) in [5.74, 6) is -0.716. The molecule has 0 radical (unpaired) electrons. The summed E-state index contributed by atoms with van der Waals surface area (Å²) >= 11 is 0. The molecule has 0 unspecified atom stereocenters. The second-order valence-electron chi connectivity index (χ2n) is 4.94. The number of fused-ring (bicyclic) bond motifs is 1. The van der Waals surface area contributed by atoms with Crippen LogP contribution in [0.15, 0.2) is 46.9 Å². The lowest BCUT2D eigenvalue weighted by Gasteiger charge is -2.04. The van der Waals surface area contributed by atoms with Crippen LogP contribution in [0.5, 0.6) is 0 Å². The van der Waals surface area contributed by atoms with Gasteiger partial charge in [0.15, 0.2) is 5.76 Å². The first-order valence-electron chi connectivity index (χ1n) is 6.62. The van der Waals surface area contributed by atoms with Gasteiger partial charge >= 0.3 is 0 Å². The van der Waals surface area contributed by atoms with Crippen molar-refractivity contribution in [2.45, 2.75) is 13.8 Å². The van der Waals surface area contributed by atoms with Crippen LogP contribution in [0, 0.1) is 19.7 Å². The predicted octanol–water partition coefficient (Wildman–Crippen LogP) is 4.44. The summed E-state index contributed by atoms with van der Waals surface area (Å²) in [6.45, 7) is 3.74. The molecule has 3 nitrogen and oxygen atoms in total. The molecule has 3 aromatic rings. The fraction of sp³-hybridized carbons (Fsp3) is 0.118. The van der Waals surface area contributed by atoms with Gasteiger partial charge in [-0.1, -0.05) is 30.3 Å². The van der Waals surface area contributed by atoms with Gasteiger partial charge in [-0.05, 0) is 31.5 Å². The van der Waals surface area contributed by atoms with E-state index in [4.69, 9.17) is 4.42 Å². The Morgan fingerprint density at radius 2 is 1.86 bits per heavy atom. The summed E-state index contributed by atoms with van der Waals surface area (Å²) in [4.78, 5) is 12.3. The van der Waals surface area contributed by atoms with Crippen LogP contribution in [0.1, 0.15) is 21.7 Å². The van der Waals surface area contributed by atoms with Gasteiger partial charge < -0.3 is 9.73 Å². The van der Waals surface area contributed by atoms with Crippen molar-refractivity contribution in [1.29, 1.82) is 0 Å². The van der Waals surface area contributed by atoms with Crippen molar-refractivity contribution in [1.82, 2.24) is 0 Å². The number of para-hydroxylation sites is 2. The fourth-order valence-electron chi connectivity index (χ4n) is 2.34. The molecule has 1 aromatic heterocycles. The highest BCUT2D eigenvalue weighted by atomic mass is 19.1. The van der Waals surface area contributed by atoms with Gasteiger partial charge in [0.25, 0.3) is 5.91 Å². The van der Waals surface area contributed by atoms with Crippen LogP contribution >= 0.6 is 0 Å². The van der Waals surface area contributed by atoms with Crippen LogP contribution in [0.4, 0.5) is 10.1 Å². The molecule has 0 atom stereocenters. The number of halogens is 1. The summed E-state index contributed by atoms with van der Waals surface area (Å²) in [6, 6.07) is 11.8. The molecule has 1 heterocycles. The predicted molar refractivity (Wildman–Crippen MR) is 80.0 cm³/mol. The monoisotopic (exact) mass is 283 g/mol. The van der Waals surface area contributed by atoms with E-state index < -0.39 is 11.7 Å². The number of anilines is 1. The fourth-order valence-corrected chi connectivity index (χ4v) is 2.34. The molecule has 0 spiro atoms. The van der Waals surface area contributed by atoms with E-state index in [9.17, 15) is 9.18 Å². The molecule has 0 bridgehead atoms. The molecule has 3 rings (SSSR count). The highest BCUT2D eigenvalue weighted by molar-refractivity contribution is 6.06. The van der Waals surface area contributed by atoms with Gasteiger partial charge in [-0.3, -0.25) is 4.79 Å². The molecular weight excluding hydrogens is 269 g/mol. The quantitative estimate of drug-likeness (QED) is 0.755. The third kappa shape index (κ3) is 2.29. The third-order valence-corrected chi connectivity index (χ3v) is 3.49. The minimum atomic E-state index is -0.476. The molecule has 1 amide bonds. The Morgan fingerprint density at radius 3 is 2.57 bits per heavy atom. The van der Waals surface area contributed by atoms with E-state index in [-0.39, 0.29) is 11.4 Å². The molecule has 0 saturated carbocycles. The van der Waals surface area contributed by atoms with Gasteiger partial charge in [-0.2, -0.15) is 0 Å². The van der Waals surface area contributed by atoms with Crippen molar-refractivity contribution in [3.05, 3.63) is 65.2 Å². The van der Waals surface area contributed by atoms with Gasteiger partial charge in [0, 0.05) is 10.9 Å². The number of carbonyl (C=O) groups excluding carboxylic acids is 1. The maximum Gasteiger partial charge on any atom is 0.291 e. The first-order valence-corrected chi connectivity index (χ1v) is 6.62. The van der Waals surface area contributed by atoms with Gasteiger partial charge in [0.2, 0.25) is 0 Å². The Bertz CT molecular complexity index is 836. The Hall–Kier alpha value is -2.62. The van der Waals surface area contributed by atoms with E-state index in [2.05, 4.69) is 5.32 Å². The maximum absolute atomic E-state index is 13.6. The minimum absolute atomic E-state index is 0.138. The lowest BCUT2D eigenvalue weighted by molar-refractivity contribution is 0.0997. The number of aryl methyl sites for hydroxylation is 2.